The van der Waals surface area contributed by atoms with Crippen LogP contribution in [0.3, 0.4) is 0 Å². The number of rotatable bonds is 3. The summed E-state index contributed by atoms with van der Waals surface area (Å²) in [6.45, 7) is 0. The van der Waals surface area contributed by atoms with Gasteiger partial charge in [0.25, 0.3) is 0 Å². The van der Waals surface area contributed by atoms with Gasteiger partial charge in [0.15, 0.2) is 0 Å². The first kappa shape index (κ1) is 20.3. The highest BCUT2D eigenvalue weighted by Crippen LogP contribution is 2.33. The van der Waals surface area contributed by atoms with E-state index in [9.17, 15) is 4.79 Å². The van der Waals surface area contributed by atoms with Gasteiger partial charge in [0, 0.05) is 10.0 Å². The Morgan fingerprint density at radius 3 is 1.44 bits per heavy atom. The van der Waals surface area contributed by atoms with Gasteiger partial charge in [-0.3, -0.25) is 4.79 Å². The molecule has 0 N–H and O–H groups in total. The largest absolute Gasteiger partial charge is 0.298 e. The molecule has 2 aliphatic rings. The predicted octanol–water partition coefficient (Wildman–Crippen LogP) is 8.04. The van der Waals surface area contributed by atoms with Crippen LogP contribution in [0.1, 0.15) is 97.5 Å². The molecule has 2 aromatic rings. The van der Waals surface area contributed by atoms with Crippen LogP contribution < -0.4 is 0 Å². The van der Waals surface area contributed by atoms with E-state index in [4.69, 9.17) is 0 Å². The van der Waals surface area contributed by atoms with Crippen LogP contribution in [0.25, 0.3) is 0 Å². The number of hydrogen-bond acceptors (Lipinski definition) is 1. The maximum absolute atomic E-state index is 10.5. The van der Waals surface area contributed by atoms with E-state index in [2.05, 4.69) is 52.3 Å². The maximum Gasteiger partial charge on any atom is 0.150 e. The molecule has 2 fully saturated rings. The molecule has 4 rings (SSSR count). The molecule has 0 atom stereocenters. The first-order valence-electron chi connectivity index (χ1n) is 10.6. The topological polar surface area (TPSA) is 17.1 Å². The zero-order valence-corrected chi connectivity index (χ0v) is 17.8. The van der Waals surface area contributed by atoms with Crippen molar-refractivity contribution in [1.29, 1.82) is 0 Å². The lowest BCUT2D eigenvalue weighted by atomic mass is 9.84. The van der Waals surface area contributed by atoms with Crippen LogP contribution >= 0.6 is 15.9 Å². The Labute approximate surface area is 172 Å². The summed E-state index contributed by atoms with van der Waals surface area (Å²) in [5.74, 6) is 1.58. The highest BCUT2D eigenvalue weighted by Gasteiger charge is 2.15. The molecule has 2 saturated carbocycles. The number of hydrogen-bond donors (Lipinski definition) is 0. The molecule has 1 nitrogen and oxygen atoms in total. The van der Waals surface area contributed by atoms with Crippen LogP contribution in [-0.2, 0) is 0 Å². The predicted molar refractivity (Wildman–Crippen MR) is 118 cm³/mol. The second-order valence-corrected chi connectivity index (χ2v) is 8.92. The monoisotopic (exact) mass is 426 g/mol. The molecular formula is C25H31BrO. The molecule has 144 valence electrons. The first-order chi connectivity index (χ1) is 13.3. The second kappa shape index (κ2) is 10.8. The van der Waals surface area contributed by atoms with Crippen LogP contribution in [0.15, 0.2) is 53.0 Å². The standard InChI is InChI=1S/C13H16O.C12H15Br/c14-10-11-6-8-13(9-7-11)12-4-2-1-3-5-12;13-12-8-6-11(7-9-12)10-4-2-1-3-5-10/h6-10,12H,1-5H2;6-10H,1-5H2. The van der Waals surface area contributed by atoms with Gasteiger partial charge in [-0.2, -0.15) is 0 Å². The molecule has 0 bridgehead atoms. The fourth-order valence-corrected chi connectivity index (χ4v) is 4.72. The minimum absolute atomic E-state index is 0.740. The number of halogens is 1. The van der Waals surface area contributed by atoms with Crippen molar-refractivity contribution in [3.05, 3.63) is 69.7 Å². The van der Waals surface area contributed by atoms with Crippen LogP contribution in [0.4, 0.5) is 0 Å². The molecule has 2 heteroatoms. The van der Waals surface area contributed by atoms with Gasteiger partial charge in [0.05, 0.1) is 0 Å². The number of aldehydes is 1. The minimum atomic E-state index is 0.740. The van der Waals surface area contributed by atoms with E-state index < -0.39 is 0 Å². The fraction of sp³-hybridized carbons (Fsp3) is 0.480. The van der Waals surface area contributed by atoms with E-state index in [1.807, 2.05) is 12.1 Å². The first-order valence-corrected chi connectivity index (χ1v) is 11.4. The van der Waals surface area contributed by atoms with Gasteiger partial charge >= 0.3 is 0 Å². The van der Waals surface area contributed by atoms with Crippen LogP contribution in [0, 0.1) is 0 Å². The van der Waals surface area contributed by atoms with Crippen LogP contribution in [0.5, 0.6) is 0 Å². The highest BCUT2D eigenvalue weighted by molar-refractivity contribution is 9.10. The minimum Gasteiger partial charge on any atom is -0.298 e. The van der Waals surface area contributed by atoms with Gasteiger partial charge in [-0.15, -0.1) is 0 Å². The lowest BCUT2D eigenvalue weighted by Crippen LogP contribution is -2.04. The van der Waals surface area contributed by atoms with Crippen molar-refractivity contribution in [2.45, 2.75) is 76.0 Å². The number of carbonyl (C=O) groups excluding carboxylic acids is 1. The maximum atomic E-state index is 10.5. The lowest BCUT2D eigenvalue weighted by Gasteiger charge is -2.21. The highest BCUT2D eigenvalue weighted by atomic mass is 79.9. The average Bonchev–Trinajstić information content (AvgIpc) is 2.76. The van der Waals surface area contributed by atoms with Crippen LogP contribution in [0.2, 0.25) is 0 Å². The molecule has 0 aliphatic heterocycles. The summed E-state index contributed by atoms with van der Waals surface area (Å²) >= 11 is 3.47. The second-order valence-electron chi connectivity index (χ2n) is 8.01. The molecule has 2 aliphatic carbocycles. The summed E-state index contributed by atoms with van der Waals surface area (Å²) < 4.78 is 1.19. The van der Waals surface area contributed by atoms with E-state index in [0.29, 0.717) is 0 Å². The third kappa shape index (κ3) is 6.31. The quantitative estimate of drug-likeness (QED) is 0.453. The normalized spacial score (nSPS) is 18.4. The van der Waals surface area contributed by atoms with Crippen molar-refractivity contribution in [3.63, 3.8) is 0 Å². The summed E-state index contributed by atoms with van der Waals surface area (Å²) in [4.78, 5) is 10.5. The molecule has 0 aromatic heterocycles. The summed E-state index contributed by atoms with van der Waals surface area (Å²) in [6, 6.07) is 16.9. The van der Waals surface area contributed by atoms with Gasteiger partial charge in [0.2, 0.25) is 0 Å². The number of benzene rings is 2. The van der Waals surface area contributed by atoms with E-state index in [1.165, 1.54) is 79.8 Å². The Kier molecular flexibility index (Phi) is 8.13. The molecule has 0 heterocycles. The molecule has 0 saturated heterocycles. The Balaban J connectivity index is 0.000000156. The average molecular weight is 427 g/mol. The van der Waals surface area contributed by atoms with Crippen LogP contribution in [-0.4, -0.2) is 6.29 Å². The van der Waals surface area contributed by atoms with Crippen molar-refractivity contribution in [2.75, 3.05) is 0 Å². The Hall–Kier alpha value is -1.41. The van der Waals surface area contributed by atoms with Crippen molar-refractivity contribution in [3.8, 4) is 0 Å². The van der Waals surface area contributed by atoms with Gasteiger partial charge < -0.3 is 0 Å². The fourth-order valence-electron chi connectivity index (χ4n) is 4.45. The van der Waals surface area contributed by atoms with E-state index in [0.717, 1.165) is 23.7 Å². The van der Waals surface area contributed by atoms with Gasteiger partial charge in [-0.25, -0.2) is 0 Å². The Bertz CT molecular complexity index is 677. The van der Waals surface area contributed by atoms with Crippen molar-refractivity contribution >= 4 is 22.2 Å². The Morgan fingerprint density at radius 1 is 0.630 bits per heavy atom. The van der Waals surface area contributed by atoms with Gasteiger partial charge in [-0.05, 0) is 60.8 Å². The summed E-state index contributed by atoms with van der Waals surface area (Å²) in [5.41, 5.74) is 3.72. The smallest absolute Gasteiger partial charge is 0.150 e. The van der Waals surface area contributed by atoms with Gasteiger partial charge in [0.1, 0.15) is 6.29 Å². The SMILES string of the molecule is Brc1ccc(C2CCCCC2)cc1.O=Cc1ccc(C2CCCCC2)cc1. The molecule has 27 heavy (non-hydrogen) atoms. The van der Waals surface area contributed by atoms with Crippen molar-refractivity contribution < 1.29 is 4.79 Å². The third-order valence-electron chi connectivity index (χ3n) is 6.10. The van der Waals surface area contributed by atoms with Crippen molar-refractivity contribution in [1.82, 2.24) is 0 Å². The molecule has 0 unspecified atom stereocenters. The molecule has 0 radical (unpaired) electrons. The molecular weight excluding hydrogens is 396 g/mol. The summed E-state index contributed by atoms with van der Waals surface area (Å²) in [7, 11) is 0. The molecule has 0 amide bonds. The van der Waals surface area contributed by atoms with Gasteiger partial charge in [-0.1, -0.05) is 90.9 Å². The zero-order chi connectivity index (χ0) is 18.9. The summed E-state index contributed by atoms with van der Waals surface area (Å²) in [6.07, 6.45) is 14.7. The third-order valence-corrected chi connectivity index (χ3v) is 6.62. The molecule has 2 aromatic carbocycles. The van der Waals surface area contributed by atoms with E-state index in [-0.39, 0.29) is 0 Å². The van der Waals surface area contributed by atoms with E-state index in [1.54, 1.807) is 0 Å². The van der Waals surface area contributed by atoms with E-state index >= 15 is 0 Å². The zero-order valence-electron chi connectivity index (χ0n) is 16.2. The lowest BCUT2D eigenvalue weighted by molar-refractivity contribution is 0.112. The number of carbonyl (C=O) groups is 1. The Morgan fingerprint density at radius 2 is 1.04 bits per heavy atom. The molecule has 0 spiro atoms. The van der Waals surface area contributed by atoms with Crippen molar-refractivity contribution in [2.24, 2.45) is 0 Å². The summed E-state index contributed by atoms with van der Waals surface area (Å²) in [5, 5.41) is 0.